The molecule has 3 aliphatic heterocycles. The fourth-order valence-electron chi connectivity index (χ4n) is 4.61. The number of rotatable bonds is 4. The van der Waals surface area contributed by atoms with Gasteiger partial charge < -0.3 is 14.4 Å². The van der Waals surface area contributed by atoms with Gasteiger partial charge >= 0.3 is 0 Å². The molecule has 2 aromatic carbocycles. The molecule has 2 aromatic rings. The smallest absolute Gasteiger partial charge is 0.244 e. The molecule has 1 saturated heterocycles. The monoisotopic (exact) mass is 457 g/mol. The molecule has 1 amide bonds. The van der Waals surface area contributed by atoms with Crippen molar-refractivity contribution in [3.8, 4) is 11.5 Å². The highest BCUT2D eigenvalue weighted by Crippen LogP contribution is 2.33. The lowest BCUT2D eigenvalue weighted by molar-refractivity contribution is -0.123. The van der Waals surface area contributed by atoms with Crippen LogP contribution < -0.4 is 14.4 Å². The van der Waals surface area contributed by atoms with Crippen molar-refractivity contribution in [1.29, 1.82) is 0 Å². The van der Waals surface area contributed by atoms with Crippen molar-refractivity contribution in [2.45, 2.75) is 24.3 Å². The zero-order valence-electron chi connectivity index (χ0n) is 18.1. The van der Waals surface area contributed by atoms with Gasteiger partial charge in [-0.05, 0) is 37.1 Å². The van der Waals surface area contributed by atoms with Crippen LogP contribution in [-0.4, -0.2) is 75.5 Å². The summed E-state index contributed by atoms with van der Waals surface area (Å²) in [6, 6.07) is 12.4. The molecular formula is C23H27N3O5S. The van der Waals surface area contributed by atoms with Gasteiger partial charge in [0.1, 0.15) is 13.2 Å². The van der Waals surface area contributed by atoms with Crippen LogP contribution in [0.1, 0.15) is 12.5 Å². The SMILES string of the molecule is C[C@H](C(=O)N1CCc2ccccc21)N1CCN(S(=O)(=O)c2ccc3c(c2)OCCO3)CC1. The van der Waals surface area contributed by atoms with Gasteiger partial charge in [0, 0.05) is 44.5 Å². The molecule has 0 aliphatic carbocycles. The van der Waals surface area contributed by atoms with E-state index >= 15 is 0 Å². The van der Waals surface area contributed by atoms with Crippen molar-refractivity contribution in [3.63, 3.8) is 0 Å². The van der Waals surface area contributed by atoms with Crippen molar-refractivity contribution in [1.82, 2.24) is 9.21 Å². The Bertz CT molecular complexity index is 1130. The van der Waals surface area contributed by atoms with E-state index < -0.39 is 10.0 Å². The zero-order chi connectivity index (χ0) is 22.3. The average molecular weight is 458 g/mol. The van der Waals surface area contributed by atoms with E-state index in [-0.39, 0.29) is 16.8 Å². The van der Waals surface area contributed by atoms with E-state index in [1.54, 1.807) is 12.1 Å². The first-order chi connectivity index (χ1) is 15.4. The van der Waals surface area contributed by atoms with E-state index in [1.165, 1.54) is 15.9 Å². The highest BCUT2D eigenvalue weighted by molar-refractivity contribution is 7.89. The van der Waals surface area contributed by atoms with Gasteiger partial charge in [-0.1, -0.05) is 18.2 Å². The number of fused-ring (bicyclic) bond motifs is 2. The van der Waals surface area contributed by atoms with E-state index in [9.17, 15) is 13.2 Å². The Morgan fingerprint density at radius 3 is 2.44 bits per heavy atom. The molecule has 9 heteroatoms. The molecule has 32 heavy (non-hydrogen) atoms. The van der Waals surface area contributed by atoms with Gasteiger partial charge in [-0.25, -0.2) is 8.42 Å². The Hall–Kier alpha value is -2.62. The van der Waals surface area contributed by atoms with Crippen molar-refractivity contribution < 1.29 is 22.7 Å². The highest BCUT2D eigenvalue weighted by atomic mass is 32.2. The number of anilines is 1. The summed E-state index contributed by atoms with van der Waals surface area (Å²) < 4.78 is 38.8. The molecular weight excluding hydrogens is 430 g/mol. The Morgan fingerprint density at radius 2 is 1.66 bits per heavy atom. The molecule has 0 spiro atoms. The third kappa shape index (κ3) is 3.74. The Kier molecular flexibility index (Phi) is 5.56. The van der Waals surface area contributed by atoms with Crippen LogP contribution in [0.25, 0.3) is 0 Å². The van der Waals surface area contributed by atoms with Crippen LogP contribution >= 0.6 is 0 Å². The molecule has 0 unspecified atom stereocenters. The van der Waals surface area contributed by atoms with Gasteiger partial charge in [0.25, 0.3) is 0 Å². The highest BCUT2D eigenvalue weighted by Gasteiger charge is 2.35. The van der Waals surface area contributed by atoms with Crippen LogP contribution in [0, 0.1) is 0 Å². The minimum absolute atomic E-state index is 0.0677. The standard InChI is InChI=1S/C23H27N3O5S/c1-17(23(27)26-9-8-18-4-2-3-5-20(18)26)24-10-12-25(13-11-24)32(28,29)19-6-7-21-22(16-19)31-15-14-30-21/h2-7,16-17H,8-15H2,1H3/t17-/m1/s1. The number of nitrogens with zero attached hydrogens (tertiary/aromatic N) is 3. The number of piperazine rings is 1. The fourth-order valence-corrected chi connectivity index (χ4v) is 6.05. The number of hydrogen-bond acceptors (Lipinski definition) is 6. The summed E-state index contributed by atoms with van der Waals surface area (Å²) in [4.78, 5) is 17.3. The Labute approximate surface area is 188 Å². The topological polar surface area (TPSA) is 79.4 Å². The molecule has 0 N–H and O–H groups in total. The molecule has 3 heterocycles. The molecule has 3 aliphatic rings. The van der Waals surface area contributed by atoms with Crippen LogP contribution in [0.4, 0.5) is 5.69 Å². The molecule has 0 saturated carbocycles. The predicted octanol–water partition coefficient (Wildman–Crippen LogP) is 1.74. The van der Waals surface area contributed by atoms with E-state index in [2.05, 4.69) is 11.0 Å². The summed E-state index contributed by atoms with van der Waals surface area (Å²) in [6.45, 7) is 5.16. The van der Waals surface area contributed by atoms with Crippen LogP contribution in [0.2, 0.25) is 0 Å². The van der Waals surface area contributed by atoms with Crippen molar-refractivity contribution >= 4 is 21.6 Å². The summed E-state index contributed by atoms with van der Waals surface area (Å²) >= 11 is 0. The first-order valence-corrected chi connectivity index (χ1v) is 12.4. The Balaban J connectivity index is 1.24. The number of hydrogen-bond donors (Lipinski definition) is 0. The molecule has 5 rings (SSSR count). The number of amides is 1. The second kappa shape index (κ2) is 8.38. The second-order valence-electron chi connectivity index (χ2n) is 8.29. The summed E-state index contributed by atoms with van der Waals surface area (Å²) in [6.07, 6.45) is 0.871. The van der Waals surface area contributed by atoms with Crippen LogP contribution in [-0.2, 0) is 21.2 Å². The number of sulfonamides is 1. The molecule has 0 radical (unpaired) electrons. The fraction of sp³-hybridized carbons (Fsp3) is 0.435. The van der Waals surface area contributed by atoms with E-state index in [0.29, 0.717) is 57.4 Å². The van der Waals surface area contributed by atoms with Crippen molar-refractivity contribution in [2.75, 3.05) is 50.8 Å². The number of ether oxygens (including phenoxy) is 2. The van der Waals surface area contributed by atoms with Gasteiger partial charge in [-0.3, -0.25) is 9.69 Å². The molecule has 170 valence electrons. The maximum atomic E-state index is 13.2. The first kappa shape index (κ1) is 21.2. The molecule has 8 nitrogen and oxygen atoms in total. The van der Waals surface area contributed by atoms with Gasteiger partial charge in [0.2, 0.25) is 15.9 Å². The lowest BCUT2D eigenvalue weighted by atomic mass is 10.1. The van der Waals surface area contributed by atoms with E-state index in [0.717, 1.165) is 12.1 Å². The summed E-state index contributed by atoms with van der Waals surface area (Å²) in [5, 5.41) is 0. The number of carbonyl (C=O) groups excluding carboxylic acids is 1. The maximum absolute atomic E-state index is 13.2. The largest absolute Gasteiger partial charge is 0.486 e. The third-order valence-corrected chi connectivity index (χ3v) is 8.38. The maximum Gasteiger partial charge on any atom is 0.244 e. The predicted molar refractivity (Wildman–Crippen MR) is 120 cm³/mol. The summed E-state index contributed by atoms with van der Waals surface area (Å²) in [7, 11) is -3.64. The van der Waals surface area contributed by atoms with E-state index in [1.807, 2.05) is 30.0 Å². The van der Waals surface area contributed by atoms with Crippen LogP contribution in [0.3, 0.4) is 0 Å². The number of para-hydroxylation sites is 1. The number of carbonyl (C=O) groups is 1. The van der Waals surface area contributed by atoms with Gasteiger partial charge in [-0.2, -0.15) is 4.31 Å². The molecule has 0 bridgehead atoms. The zero-order valence-corrected chi connectivity index (χ0v) is 18.9. The van der Waals surface area contributed by atoms with E-state index in [4.69, 9.17) is 9.47 Å². The van der Waals surface area contributed by atoms with Gasteiger partial charge in [-0.15, -0.1) is 0 Å². The Morgan fingerprint density at radius 1 is 0.938 bits per heavy atom. The lowest BCUT2D eigenvalue weighted by Crippen LogP contribution is -2.55. The summed E-state index contributed by atoms with van der Waals surface area (Å²) in [5.41, 5.74) is 2.19. The first-order valence-electron chi connectivity index (χ1n) is 11.0. The minimum atomic E-state index is -3.64. The second-order valence-corrected chi connectivity index (χ2v) is 10.2. The molecule has 0 aromatic heterocycles. The van der Waals surface area contributed by atoms with Gasteiger partial charge in [0.05, 0.1) is 10.9 Å². The molecule has 1 fully saturated rings. The van der Waals surface area contributed by atoms with Gasteiger partial charge in [0.15, 0.2) is 11.5 Å². The molecule has 1 atom stereocenters. The van der Waals surface area contributed by atoms with Crippen molar-refractivity contribution in [3.05, 3.63) is 48.0 Å². The van der Waals surface area contributed by atoms with Crippen molar-refractivity contribution in [2.24, 2.45) is 0 Å². The number of benzene rings is 2. The quantitative estimate of drug-likeness (QED) is 0.696. The summed E-state index contributed by atoms with van der Waals surface area (Å²) in [5.74, 6) is 1.09. The lowest BCUT2D eigenvalue weighted by Gasteiger charge is -2.38. The third-order valence-electron chi connectivity index (χ3n) is 6.48. The average Bonchev–Trinajstić information content (AvgIpc) is 3.27. The van der Waals surface area contributed by atoms with Crippen LogP contribution in [0.15, 0.2) is 47.4 Å². The normalized spacial score (nSPS) is 20.1. The minimum Gasteiger partial charge on any atom is -0.486 e. The van der Waals surface area contributed by atoms with Crippen LogP contribution in [0.5, 0.6) is 11.5 Å².